The maximum Gasteiger partial charge on any atom is 0.307 e. The Labute approximate surface area is 121 Å². The molecule has 0 radical (unpaired) electrons. The number of Topliss-reactive ketones (excluding diaryl/α,β-unsaturated/α-hetero) is 1. The lowest BCUT2D eigenvalue weighted by Gasteiger charge is -2.18. The van der Waals surface area contributed by atoms with E-state index in [0.717, 1.165) is 5.56 Å². The first kappa shape index (κ1) is 14.5. The number of esters is 1. The monoisotopic (exact) mass is 295 g/mol. The minimum Gasteiger partial charge on any atom is -0.466 e. The van der Waals surface area contributed by atoms with Crippen molar-refractivity contribution in [3.05, 3.63) is 28.3 Å². The van der Waals surface area contributed by atoms with E-state index in [2.05, 4.69) is 0 Å². The smallest absolute Gasteiger partial charge is 0.307 e. The number of halogens is 1. The predicted octanol–water partition coefficient (Wildman–Crippen LogP) is 2.13. The van der Waals surface area contributed by atoms with Gasteiger partial charge < -0.3 is 9.64 Å². The van der Waals surface area contributed by atoms with E-state index >= 15 is 0 Å². The molecule has 1 heterocycles. The number of rotatable bonds is 4. The first-order valence-electron chi connectivity index (χ1n) is 6.27. The number of anilines is 1. The Balaban J connectivity index is 2.27. The van der Waals surface area contributed by atoms with Gasteiger partial charge >= 0.3 is 5.97 Å². The molecule has 1 aromatic rings. The van der Waals surface area contributed by atoms with Crippen LogP contribution in [0.5, 0.6) is 0 Å². The molecule has 1 aromatic carbocycles. The lowest BCUT2D eigenvalue weighted by atomic mass is 10.1. The normalized spacial score (nSPS) is 13.7. The highest BCUT2D eigenvalue weighted by molar-refractivity contribution is 6.52. The molecule has 1 amide bonds. The third-order valence-corrected chi connectivity index (χ3v) is 3.28. The summed E-state index contributed by atoms with van der Waals surface area (Å²) >= 11 is 5.90. The number of hydrogen-bond donors (Lipinski definition) is 0. The molecular weight excluding hydrogens is 282 g/mol. The molecule has 2 rings (SSSR count). The summed E-state index contributed by atoms with van der Waals surface area (Å²) in [7, 11) is 0. The molecule has 1 aliphatic rings. The number of benzene rings is 1. The van der Waals surface area contributed by atoms with Gasteiger partial charge in [0.1, 0.15) is 0 Å². The third kappa shape index (κ3) is 2.54. The van der Waals surface area contributed by atoms with Gasteiger partial charge in [0.2, 0.25) is 0 Å². The highest BCUT2D eigenvalue weighted by atomic mass is 35.5. The van der Waals surface area contributed by atoms with E-state index in [9.17, 15) is 14.4 Å². The van der Waals surface area contributed by atoms with Crippen LogP contribution in [0.1, 0.15) is 29.3 Å². The average Bonchev–Trinajstić information content (AvgIpc) is 2.61. The zero-order chi connectivity index (χ0) is 14.9. The van der Waals surface area contributed by atoms with Crippen LogP contribution in [0.25, 0.3) is 0 Å². The fourth-order valence-corrected chi connectivity index (χ4v) is 2.53. The van der Waals surface area contributed by atoms with Gasteiger partial charge in [-0.2, -0.15) is 0 Å². The molecule has 0 fully saturated rings. The lowest BCUT2D eigenvalue weighted by molar-refractivity contribution is -0.142. The minimum absolute atomic E-state index is 0.0500. The van der Waals surface area contributed by atoms with Crippen molar-refractivity contribution in [1.29, 1.82) is 0 Å². The van der Waals surface area contributed by atoms with Crippen LogP contribution in [-0.2, 0) is 14.3 Å². The largest absolute Gasteiger partial charge is 0.466 e. The van der Waals surface area contributed by atoms with Gasteiger partial charge in [-0.15, -0.1) is 0 Å². The second kappa shape index (κ2) is 5.63. The van der Waals surface area contributed by atoms with Crippen molar-refractivity contribution >= 4 is 34.9 Å². The summed E-state index contributed by atoms with van der Waals surface area (Å²) in [6.45, 7) is 3.90. The summed E-state index contributed by atoms with van der Waals surface area (Å²) in [6.07, 6.45) is 0.0500. The number of nitrogens with zero attached hydrogens (tertiary/aromatic N) is 1. The first-order chi connectivity index (χ1) is 9.45. The van der Waals surface area contributed by atoms with Crippen LogP contribution in [0.4, 0.5) is 5.69 Å². The second-order valence-electron chi connectivity index (χ2n) is 4.46. The van der Waals surface area contributed by atoms with Gasteiger partial charge in [0.05, 0.1) is 24.3 Å². The van der Waals surface area contributed by atoms with Crippen molar-refractivity contribution in [2.75, 3.05) is 18.1 Å². The molecule has 0 spiro atoms. The standard InChI is InChI=1S/C14H14ClNO4/c1-3-20-11(17)4-5-16-12-8(2)6-9(15)7-10(12)13(18)14(16)19/h6-7H,3-5H2,1-2H3. The number of hydrogen-bond acceptors (Lipinski definition) is 4. The van der Waals surface area contributed by atoms with Gasteiger partial charge in [0.15, 0.2) is 0 Å². The molecule has 0 aromatic heterocycles. The number of carbonyl (C=O) groups is 3. The topological polar surface area (TPSA) is 63.7 Å². The Hall–Kier alpha value is -1.88. The van der Waals surface area contributed by atoms with Crippen LogP contribution < -0.4 is 4.90 Å². The van der Waals surface area contributed by atoms with Crippen LogP contribution in [0, 0.1) is 6.92 Å². The number of ether oxygens (including phenoxy) is 1. The highest BCUT2D eigenvalue weighted by Gasteiger charge is 2.37. The second-order valence-corrected chi connectivity index (χ2v) is 4.90. The van der Waals surface area contributed by atoms with Crippen LogP contribution in [0.2, 0.25) is 5.02 Å². The van der Waals surface area contributed by atoms with E-state index in [1.54, 1.807) is 19.9 Å². The number of aryl methyl sites for hydroxylation is 1. The summed E-state index contributed by atoms with van der Waals surface area (Å²) in [5, 5.41) is 0.412. The maximum atomic E-state index is 12.0. The van der Waals surface area contributed by atoms with Crippen molar-refractivity contribution in [2.45, 2.75) is 20.3 Å². The fraction of sp³-hybridized carbons (Fsp3) is 0.357. The van der Waals surface area contributed by atoms with Gasteiger partial charge in [-0.05, 0) is 31.5 Å². The molecule has 0 atom stereocenters. The summed E-state index contributed by atoms with van der Waals surface area (Å²) in [5.74, 6) is -1.61. The molecule has 20 heavy (non-hydrogen) atoms. The summed E-state index contributed by atoms with van der Waals surface area (Å²) in [6, 6.07) is 3.16. The Morgan fingerprint density at radius 3 is 2.70 bits per heavy atom. The molecule has 5 nitrogen and oxygen atoms in total. The Bertz CT molecular complexity index is 597. The van der Waals surface area contributed by atoms with E-state index in [0.29, 0.717) is 16.3 Å². The molecular formula is C14H14ClNO4. The van der Waals surface area contributed by atoms with Crippen molar-refractivity contribution in [2.24, 2.45) is 0 Å². The van der Waals surface area contributed by atoms with Gasteiger partial charge in [0, 0.05) is 11.6 Å². The van der Waals surface area contributed by atoms with Crippen LogP contribution in [0.15, 0.2) is 12.1 Å². The molecule has 0 bridgehead atoms. The molecule has 1 aliphatic heterocycles. The van der Waals surface area contributed by atoms with Gasteiger partial charge in [0.25, 0.3) is 11.7 Å². The molecule has 0 saturated heterocycles. The van der Waals surface area contributed by atoms with E-state index in [4.69, 9.17) is 16.3 Å². The number of ketones is 1. The summed E-state index contributed by atoms with van der Waals surface area (Å²) < 4.78 is 4.82. The lowest BCUT2D eigenvalue weighted by Crippen LogP contribution is -2.32. The fourth-order valence-electron chi connectivity index (χ4n) is 2.26. The van der Waals surface area contributed by atoms with E-state index < -0.39 is 17.7 Å². The van der Waals surface area contributed by atoms with Crippen molar-refractivity contribution in [3.8, 4) is 0 Å². The summed E-state index contributed by atoms with van der Waals surface area (Å²) in [4.78, 5) is 36.6. The molecule has 106 valence electrons. The van der Waals surface area contributed by atoms with E-state index in [-0.39, 0.29) is 19.6 Å². The SMILES string of the molecule is CCOC(=O)CCN1C(=O)C(=O)c2cc(Cl)cc(C)c21. The average molecular weight is 296 g/mol. The molecule has 0 N–H and O–H groups in total. The molecule has 0 aliphatic carbocycles. The highest BCUT2D eigenvalue weighted by Crippen LogP contribution is 2.34. The molecule has 6 heteroatoms. The maximum absolute atomic E-state index is 12.0. The number of fused-ring (bicyclic) bond motifs is 1. The molecule has 0 unspecified atom stereocenters. The third-order valence-electron chi connectivity index (χ3n) is 3.06. The van der Waals surface area contributed by atoms with E-state index in [1.807, 2.05) is 0 Å². The zero-order valence-electron chi connectivity index (χ0n) is 11.2. The van der Waals surface area contributed by atoms with Gasteiger partial charge in [-0.1, -0.05) is 11.6 Å². The zero-order valence-corrected chi connectivity index (χ0v) is 12.0. The minimum atomic E-state index is -0.630. The van der Waals surface area contributed by atoms with Crippen LogP contribution in [-0.4, -0.2) is 30.8 Å². The quantitative estimate of drug-likeness (QED) is 0.630. The Morgan fingerprint density at radius 2 is 2.05 bits per heavy atom. The Kier molecular flexibility index (Phi) is 4.09. The van der Waals surface area contributed by atoms with Crippen molar-refractivity contribution in [3.63, 3.8) is 0 Å². The van der Waals surface area contributed by atoms with Gasteiger partial charge in [-0.3, -0.25) is 14.4 Å². The van der Waals surface area contributed by atoms with E-state index in [1.165, 1.54) is 11.0 Å². The molecule has 0 saturated carbocycles. The van der Waals surface area contributed by atoms with Crippen LogP contribution >= 0.6 is 11.6 Å². The number of amides is 1. The number of carbonyl (C=O) groups excluding carboxylic acids is 3. The summed E-state index contributed by atoms with van der Waals surface area (Å²) in [5.41, 5.74) is 1.56. The Morgan fingerprint density at radius 1 is 1.35 bits per heavy atom. The van der Waals surface area contributed by atoms with Crippen molar-refractivity contribution in [1.82, 2.24) is 0 Å². The first-order valence-corrected chi connectivity index (χ1v) is 6.65. The van der Waals surface area contributed by atoms with Crippen LogP contribution in [0.3, 0.4) is 0 Å². The van der Waals surface area contributed by atoms with Crippen molar-refractivity contribution < 1.29 is 19.1 Å². The van der Waals surface area contributed by atoms with Gasteiger partial charge in [-0.25, -0.2) is 0 Å². The predicted molar refractivity (Wildman–Crippen MR) is 74.1 cm³/mol.